The Morgan fingerprint density at radius 2 is 1.53 bits per heavy atom. The van der Waals surface area contributed by atoms with E-state index < -0.39 is 0 Å². The minimum Gasteiger partial charge on any atom is -0.489 e. The van der Waals surface area contributed by atoms with Gasteiger partial charge < -0.3 is 15.2 Å². The van der Waals surface area contributed by atoms with Crippen molar-refractivity contribution in [2.24, 2.45) is 11.7 Å². The highest BCUT2D eigenvalue weighted by atomic mass is 16.5. The van der Waals surface area contributed by atoms with Gasteiger partial charge in [-0.05, 0) is 60.9 Å². The van der Waals surface area contributed by atoms with Gasteiger partial charge in [0.2, 0.25) is 0 Å². The number of hydrogen-bond donors (Lipinski definition) is 1. The molecule has 1 atom stereocenters. The molecule has 5 rings (SSSR count). The van der Waals surface area contributed by atoms with E-state index in [4.69, 9.17) is 15.2 Å². The van der Waals surface area contributed by atoms with E-state index in [0.29, 0.717) is 25.4 Å². The Balaban J connectivity index is 1.28. The number of hydrogen-bond acceptors (Lipinski definition) is 4. The zero-order chi connectivity index (χ0) is 23.4. The predicted molar refractivity (Wildman–Crippen MR) is 134 cm³/mol. The second-order valence-corrected chi connectivity index (χ2v) is 8.82. The summed E-state index contributed by atoms with van der Waals surface area (Å²) in [6.45, 7) is 1.56. The molecule has 1 aliphatic heterocycles. The molecule has 0 spiro atoms. The number of ether oxygens (including phenoxy) is 2. The van der Waals surface area contributed by atoms with Crippen LogP contribution in [0.4, 0.5) is 5.69 Å². The number of carbonyl (C=O) groups excluding carboxylic acids is 1. The molecule has 0 aromatic heterocycles. The van der Waals surface area contributed by atoms with E-state index >= 15 is 0 Å². The summed E-state index contributed by atoms with van der Waals surface area (Å²) in [5, 5.41) is 0. The molecule has 172 valence electrons. The summed E-state index contributed by atoms with van der Waals surface area (Å²) in [7, 11) is 0. The van der Waals surface area contributed by atoms with Crippen molar-refractivity contribution in [3.05, 3.63) is 108 Å². The molecule has 3 aromatic carbocycles. The number of rotatable bonds is 8. The van der Waals surface area contributed by atoms with E-state index in [0.717, 1.165) is 41.2 Å². The second-order valence-electron chi connectivity index (χ2n) is 8.82. The number of quaternary nitrogens is 1. The molecule has 1 heterocycles. The SMILES string of the molecule is NCC1=C[N+](C(=O)C2CC2)(c2ccc(Oc3ccc(OCc4ccccc4)cc3)cc2)CC=C1. The van der Waals surface area contributed by atoms with Crippen LogP contribution in [0.1, 0.15) is 18.4 Å². The van der Waals surface area contributed by atoms with Crippen molar-refractivity contribution in [1.29, 1.82) is 0 Å². The molecule has 5 heteroatoms. The maximum atomic E-state index is 13.3. The van der Waals surface area contributed by atoms with Crippen LogP contribution >= 0.6 is 0 Å². The quantitative estimate of drug-likeness (QED) is 0.444. The summed E-state index contributed by atoms with van der Waals surface area (Å²) in [6, 6.07) is 25.5. The Labute approximate surface area is 200 Å². The number of nitrogens with two attached hydrogens (primary N) is 1. The van der Waals surface area contributed by atoms with E-state index in [-0.39, 0.29) is 16.3 Å². The first kappa shape index (κ1) is 22.1. The second kappa shape index (κ2) is 9.67. The molecular weight excluding hydrogens is 424 g/mol. The Morgan fingerprint density at radius 1 is 0.882 bits per heavy atom. The van der Waals surface area contributed by atoms with Crippen LogP contribution in [0.25, 0.3) is 0 Å². The van der Waals surface area contributed by atoms with Gasteiger partial charge in [-0.15, -0.1) is 0 Å². The van der Waals surface area contributed by atoms with Gasteiger partial charge in [-0.3, -0.25) is 0 Å². The van der Waals surface area contributed by atoms with E-state index in [9.17, 15) is 4.79 Å². The predicted octanol–water partition coefficient (Wildman–Crippen LogP) is 5.71. The average Bonchev–Trinajstić information content (AvgIpc) is 3.74. The van der Waals surface area contributed by atoms with Gasteiger partial charge in [0.05, 0.1) is 5.92 Å². The fourth-order valence-electron chi connectivity index (χ4n) is 4.25. The van der Waals surface area contributed by atoms with E-state index in [2.05, 4.69) is 0 Å². The lowest BCUT2D eigenvalue weighted by atomic mass is 10.1. The number of carbonyl (C=O) groups is 1. The van der Waals surface area contributed by atoms with Crippen LogP contribution in [0.3, 0.4) is 0 Å². The molecule has 3 aromatic rings. The summed E-state index contributed by atoms with van der Waals surface area (Å²) >= 11 is 0. The topological polar surface area (TPSA) is 61.6 Å². The van der Waals surface area contributed by atoms with Crippen LogP contribution in [-0.4, -0.2) is 19.0 Å². The van der Waals surface area contributed by atoms with Gasteiger partial charge in [0.15, 0.2) is 0 Å². The zero-order valence-corrected chi connectivity index (χ0v) is 19.1. The zero-order valence-electron chi connectivity index (χ0n) is 19.1. The minimum absolute atomic E-state index is 0.139. The number of benzene rings is 3. The molecule has 5 nitrogen and oxygen atoms in total. The van der Waals surface area contributed by atoms with Crippen molar-refractivity contribution in [1.82, 2.24) is 4.48 Å². The molecule has 0 saturated heterocycles. The van der Waals surface area contributed by atoms with Crippen molar-refractivity contribution in [2.45, 2.75) is 19.4 Å². The smallest absolute Gasteiger partial charge is 0.326 e. The molecule has 0 radical (unpaired) electrons. The fourth-order valence-corrected chi connectivity index (χ4v) is 4.25. The summed E-state index contributed by atoms with van der Waals surface area (Å²) in [6.07, 6.45) is 8.03. The monoisotopic (exact) mass is 453 g/mol. The third kappa shape index (κ3) is 4.81. The van der Waals surface area contributed by atoms with Gasteiger partial charge in [-0.25, -0.2) is 4.79 Å². The lowest BCUT2D eigenvalue weighted by Crippen LogP contribution is -2.52. The van der Waals surface area contributed by atoms with Gasteiger partial charge >= 0.3 is 5.91 Å². The highest BCUT2D eigenvalue weighted by Gasteiger charge is 2.47. The van der Waals surface area contributed by atoms with Crippen LogP contribution in [0, 0.1) is 5.92 Å². The van der Waals surface area contributed by atoms with Gasteiger partial charge in [0.1, 0.15) is 42.3 Å². The average molecular weight is 454 g/mol. The van der Waals surface area contributed by atoms with E-state index in [1.54, 1.807) is 0 Å². The standard InChI is InChI=1S/C29H29N2O3/c30-19-23-7-4-18-31(20-23,29(32)24-8-9-24)25-10-12-27(13-11-25)34-28-16-14-26(15-17-28)33-21-22-5-2-1-3-6-22/h1-7,10-17,20,24H,8-9,18-19,21,30H2/q+1. The molecule has 2 N–H and O–H groups in total. The van der Waals surface area contributed by atoms with Crippen LogP contribution in [-0.2, 0) is 11.4 Å². The Hall–Kier alpha value is -3.67. The van der Waals surface area contributed by atoms with Crippen molar-refractivity contribution in [3.8, 4) is 17.2 Å². The third-order valence-electron chi connectivity index (χ3n) is 6.27. The van der Waals surface area contributed by atoms with Crippen molar-refractivity contribution < 1.29 is 14.3 Å². The first-order valence-electron chi connectivity index (χ1n) is 11.7. The normalized spacial score (nSPS) is 19.4. The number of nitrogens with zero attached hydrogens (tertiary/aromatic N) is 1. The molecular formula is C29H29N2O3+. The maximum absolute atomic E-state index is 13.3. The largest absolute Gasteiger partial charge is 0.489 e. The summed E-state index contributed by atoms with van der Waals surface area (Å²) < 4.78 is 12.1. The molecule has 1 fully saturated rings. The lowest BCUT2D eigenvalue weighted by Gasteiger charge is -2.33. The van der Waals surface area contributed by atoms with E-state index in [1.165, 1.54) is 0 Å². The van der Waals surface area contributed by atoms with Crippen molar-refractivity contribution >= 4 is 11.6 Å². The Bertz CT molecular complexity index is 1200. The first-order chi connectivity index (χ1) is 16.7. The van der Waals surface area contributed by atoms with Crippen LogP contribution < -0.4 is 19.7 Å². The van der Waals surface area contributed by atoms with Gasteiger partial charge in [0.25, 0.3) is 0 Å². The van der Waals surface area contributed by atoms with Crippen LogP contribution in [0.15, 0.2) is 103 Å². The first-order valence-corrected chi connectivity index (χ1v) is 11.7. The molecule has 1 unspecified atom stereocenters. The molecule has 1 saturated carbocycles. The third-order valence-corrected chi connectivity index (χ3v) is 6.27. The fraction of sp³-hybridized carbons (Fsp3) is 0.207. The summed E-state index contributed by atoms with van der Waals surface area (Å²) in [4.78, 5) is 13.3. The molecule has 0 bridgehead atoms. The number of amides is 1. The lowest BCUT2D eigenvalue weighted by molar-refractivity contribution is -0.129. The van der Waals surface area contributed by atoms with E-state index in [1.807, 2.05) is 97.2 Å². The highest BCUT2D eigenvalue weighted by molar-refractivity contribution is 5.94. The Morgan fingerprint density at radius 3 is 2.18 bits per heavy atom. The van der Waals surface area contributed by atoms with Crippen molar-refractivity contribution in [2.75, 3.05) is 13.1 Å². The summed E-state index contributed by atoms with van der Waals surface area (Å²) in [5.41, 5.74) is 8.94. The molecule has 34 heavy (non-hydrogen) atoms. The van der Waals surface area contributed by atoms with Crippen LogP contribution in [0.5, 0.6) is 17.2 Å². The van der Waals surface area contributed by atoms with Crippen LogP contribution in [0.2, 0.25) is 0 Å². The van der Waals surface area contributed by atoms with Gasteiger partial charge in [0, 0.05) is 24.3 Å². The summed E-state index contributed by atoms with van der Waals surface area (Å²) in [5.74, 6) is 2.62. The Kier molecular flexibility index (Phi) is 6.30. The minimum atomic E-state index is 0.139. The van der Waals surface area contributed by atoms with Gasteiger partial charge in [-0.2, -0.15) is 4.48 Å². The molecule has 1 aliphatic carbocycles. The van der Waals surface area contributed by atoms with Gasteiger partial charge in [-0.1, -0.05) is 36.4 Å². The molecule has 1 amide bonds. The maximum Gasteiger partial charge on any atom is 0.326 e. The molecule has 2 aliphatic rings. The van der Waals surface area contributed by atoms with Crippen molar-refractivity contribution in [3.63, 3.8) is 0 Å². The highest BCUT2D eigenvalue weighted by Crippen LogP contribution is 2.39.